The Hall–Kier alpha value is -2.24. The highest BCUT2D eigenvalue weighted by atomic mass is 16.4. The molecule has 1 aliphatic carbocycles. The number of carboxylic acids is 1. The standard InChI is InChI=1S/C14H17NO5/c16-10-4-5-11(12(17)7-10)13(18)15-9-3-1-2-8(6-9)14(19)20/h4-5,7-9,16-17H,1-3,6H2,(H,15,18)(H,19,20). The van der Waals surface area contributed by atoms with Crippen LogP contribution < -0.4 is 5.32 Å². The molecule has 20 heavy (non-hydrogen) atoms. The van der Waals surface area contributed by atoms with Gasteiger partial charge in [-0.2, -0.15) is 0 Å². The lowest BCUT2D eigenvalue weighted by atomic mass is 9.85. The second-order valence-corrected chi connectivity index (χ2v) is 5.07. The van der Waals surface area contributed by atoms with E-state index < -0.39 is 17.8 Å². The van der Waals surface area contributed by atoms with Crippen molar-refractivity contribution in [2.45, 2.75) is 31.7 Å². The quantitative estimate of drug-likeness (QED) is 0.670. The normalized spacial score (nSPS) is 22.2. The van der Waals surface area contributed by atoms with Gasteiger partial charge in [-0.1, -0.05) is 6.42 Å². The first kappa shape index (κ1) is 14.2. The molecule has 1 aliphatic rings. The van der Waals surface area contributed by atoms with E-state index in [2.05, 4.69) is 5.32 Å². The summed E-state index contributed by atoms with van der Waals surface area (Å²) in [6.45, 7) is 0. The van der Waals surface area contributed by atoms with Crippen LogP contribution >= 0.6 is 0 Å². The zero-order valence-corrected chi connectivity index (χ0v) is 10.9. The Morgan fingerprint density at radius 1 is 1.20 bits per heavy atom. The molecule has 0 saturated heterocycles. The molecule has 0 radical (unpaired) electrons. The van der Waals surface area contributed by atoms with Gasteiger partial charge in [0, 0.05) is 12.1 Å². The largest absolute Gasteiger partial charge is 0.508 e. The van der Waals surface area contributed by atoms with Crippen LogP contribution in [0, 0.1) is 5.92 Å². The molecule has 2 unspecified atom stereocenters. The van der Waals surface area contributed by atoms with E-state index in [1.807, 2.05) is 0 Å². The van der Waals surface area contributed by atoms with Crippen molar-refractivity contribution >= 4 is 11.9 Å². The van der Waals surface area contributed by atoms with Crippen molar-refractivity contribution in [1.82, 2.24) is 5.32 Å². The van der Waals surface area contributed by atoms with Crippen LogP contribution in [0.15, 0.2) is 18.2 Å². The van der Waals surface area contributed by atoms with Crippen molar-refractivity contribution in [2.75, 3.05) is 0 Å². The number of amides is 1. The van der Waals surface area contributed by atoms with Crippen molar-refractivity contribution < 1.29 is 24.9 Å². The Labute approximate surface area is 116 Å². The molecule has 6 nitrogen and oxygen atoms in total. The summed E-state index contributed by atoms with van der Waals surface area (Å²) in [7, 11) is 0. The number of hydrogen-bond donors (Lipinski definition) is 4. The van der Waals surface area contributed by atoms with Crippen molar-refractivity contribution in [1.29, 1.82) is 0 Å². The monoisotopic (exact) mass is 279 g/mol. The number of benzene rings is 1. The highest BCUT2D eigenvalue weighted by molar-refractivity contribution is 5.97. The zero-order chi connectivity index (χ0) is 14.7. The van der Waals surface area contributed by atoms with E-state index in [1.54, 1.807) is 0 Å². The van der Waals surface area contributed by atoms with Gasteiger partial charge in [0.2, 0.25) is 0 Å². The van der Waals surface area contributed by atoms with E-state index in [0.717, 1.165) is 18.9 Å². The van der Waals surface area contributed by atoms with Gasteiger partial charge >= 0.3 is 5.97 Å². The molecule has 0 heterocycles. The number of rotatable bonds is 3. The summed E-state index contributed by atoms with van der Waals surface area (Å²) in [6.07, 6.45) is 2.52. The van der Waals surface area contributed by atoms with E-state index in [-0.39, 0.29) is 23.1 Å². The molecular formula is C14H17NO5. The molecule has 0 bridgehead atoms. The Morgan fingerprint density at radius 3 is 2.60 bits per heavy atom. The van der Waals surface area contributed by atoms with Gasteiger partial charge in [-0.05, 0) is 31.4 Å². The predicted octanol–water partition coefficient (Wildman–Crippen LogP) is 1.47. The zero-order valence-electron chi connectivity index (χ0n) is 10.9. The smallest absolute Gasteiger partial charge is 0.306 e. The molecule has 2 rings (SSSR count). The fraction of sp³-hybridized carbons (Fsp3) is 0.429. The molecule has 108 valence electrons. The minimum absolute atomic E-state index is 0.0697. The van der Waals surface area contributed by atoms with Crippen molar-refractivity contribution in [2.24, 2.45) is 5.92 Å². The SMILES string of the molecule is O=C(NC1CCCC(C(=O)O)C1)c1ccc(O)cc1O. The summed E-state index contributed by atoms with van der Waals surface area (Å²) < 4.78 is 0. The molecule has 6 heteroatoms. The van der Waals surface area contributed by atoms with E-state index in [1.165, 1.54) is 12.1 Å². The molecule has 1 aromatic rings. The second kappa shape index (κ2) is 5.81. The molecule has 1 amide bonds. The number of phenols is 2. The molecule has 0 aliphatic heterocycles. The molecule has 1 aromatic carbocycles. The fourth-order valence-electron chi connectivity index (χ4n) is 2.52. The maximum Gasteiger partial charge on any atom is 0.306 e. The molecule has 0 spiro atoms. The lowest BCUT2D eigenvalue weighted by Crippen LogP contribution is -2.39. The summed E-state index contributed by atoms with van der Waals surface area (Å²) in [6, 6.07) is 3.54. The van der Waals surface area contributed by atoms with Gasteiger partial charge in [0.15, 0.2) is 0 Å². The second-order valence-electron chi connectivity index (χ2n) is 5.07. The first-order valence-corrected chi connectivity index (χ1v) is 6.53. The molecule has 4 N–H and O–H groups in total. The Kier molecular flexibility index (Phi) is 4.12. The lowest BCUT2D eigenvalue weighted by molar-refractivity contribution is -0.143. The van der Waals surface area contributed by atoms with Crippen LogP contribution in [0.5, 0.6) is 11.5 Å². The minimum Gasteiger partial charge on any atom is -0.508 e. The maximum atomic E-state index is 12.0. The minimum atomic E-state index is -0.837. The third-order valence-corrected chi connectivity index (χ3v) is 3.58. The van der Waals surface area contributed by atoms with Gasteiger partial charge in [0.1, 0.15) is 11.5 Å². The third kappa shape index (κ3) is 3.20. The Bertz CT molecular complexity index is 528. The molecule has 1 saturated carbocycles. The summed E-state index contributed by atoms with van der Waals surface area (Å²) >= 11 is 0. The number of carbonyl (C=O) groups is 2. The number of carbonyl (C=O) groups excluding carboxylic acids is 1. The molecular weight excluding hydrogens is 262 g/mol. The molecule has 2 atom stereocenters. The van der Waals surface area contributed by atoms with Crippen LogP contribution in [0.4, 0.5) is 0 Å². The maximum absolute atomic E-state index is 12.0. The van der Waals surface area contributed by atoms with Crippen molar-refractivity contribution in [3.63, 3.8) is 0 Å². The van der Waals surface area contributed by atoms with Crippen molar-refractivity contribution in [3.05, 3.63) is 23.8 Å². The Balaban J connectivity index is 2.02. The fourth-order valence-corrected chi connectivity index (χ4v) is 2.52. The van der Waals surface area contributed by atoms with Gasteiger partial charge in [0.25, 0.3) is 5.91 Å². The van der Waals surface area contributed by atoms with Crippen molar-refractivity contribution in [3.8, 4) is 11.5 Å². The highest BCUT2D eigenvalue weighted by Gasteiger charge is 2.28. The Morgan fingerprint density at radius 2 is 1.95 bits per heavy atom. The van der Waals surface area contributed by atoms with Crippen LogP contribution in [0.1, 0.15) is 36.0 Å². The van der Waals surface area contributed by atoms with Gasteiger partial charge in [-0.15, -0.1) is 0 Å². The average Bonchev–Trinajstić information content (AvgIpc) is 2.38. The number of phenolic OH excluding ortho intramolecular Hbond substituents is 2. The highest BCUT2D eigenvalue weighted by Crippen LogP contribution is 2.26. The average molecular weight is 279 g/mol. The molecule has 1 fully saturated rings. The third-order valence-electron chi connectivity index (χ3n) is 3.58. The summed E-state index contributed by atoms with van der Waals surface area (Å²) in [5, 5.41) is 30.5. The van der Waals surface area contributed by atoms with Crippen LogP contribution in [-0.2, 0) is 4.79 Å². The lowest BCUT2D eigenvalue weighted by Gasteiger charge is -2.27. The first-order chi connectivity index (χ1) is 9.47. The van der Waals surface area contributed by atoms with Crippen LogP contribution in [0.3, 0.4) is 0 Å². The number of carboxylic acid groups (broad SMARTS) is 1. The van der Waals surface area contributed by atoms with Gasteiger partial charge in [0.05, 0.1) is 11.5 Å². The first-order valence-electron chi connectivity index (χ1n) is 6.53. The van der Waals surface area contributed by atoms with Gasteiger partial charge in [-0.3, -0.25) is 9.59 Å². The number of aliphatic carboxylic acids is 1. The van der Waals surface area contributed by atoms with Crippen LogP contribution in [0.25, 0.3) is 0 Å². The van der Waals surface area contributed by atoms with E-state index >= 15 is 0 Å². The van der Waals surface area contributed by atoms with E-state index in [4.69, 9.17) is 5.11 Å². The number of hydrogen-bond acceptors (Lipinski definition) is 4. The summed E-state index contributed by atoms with van der Waals surface area (Å²) in [5.74, 6) is -2.15. The molecule has 0 aromatic heterocycles. The van der Waals surface area contributed by atoms with Crippen LogP contribution in [0.2, 0.25) is 0 Å². The van der Waals surface area contributed by atoms with E-state index in [0.29, 0.717) is 12.8 Å². The van der Waals surface area contributed by atoms with Gasteiger partial charge in [-0.25, -0.2) is 0 Å². The summed E-state index contributed by atoms with van der Waals surface area (Å²) in [4.78, 5) is 23.0. The predicted molar refractivity (Wildman–Crippen MR) is 70.6 cm³/mol. The summed E-state index contributed by atoms with van der Waals surface area (Å²) in [5.41, 5.74) is 0.0697. The van der Waals surface area contributed by atoms with Gasteiger partial charge < -0.3 is 20.6 Å². The van der Waals surface area contributed by atoms with Crippen LogP contribution in [-0.4, -0.2) is 33.2 Å². The van der Waals surface area contributed by atoms with E-state index in [9.17, 15) is 19.8 Å². The number of nitrogens with one attached hydrogen (secondary N) is 1. The topological polar surface area (TPSA) is 107 Å². The number of aromatic hydroxyl groups is 2.